The Hall–Kier alpha value is -0.483. The van der Waals surface area contributed by atoms with Gasteiger partial charge in [-0.2, -0.15) is 0 Å². The fourth-order valence-electron chi connectivity index (χ4n) is 0.703. The van der Waals surface area contributed by atoms with Gasteiger partial charge in [0.25, 0.3) is 0 Å². The molecule has 72 valence electrons. The van der Waals surface area contributed by atoms with Crippen molar-refractivity contribution in [3.63, 3.8) is 0 Å². The van der Waals surface area contributed by atoms with Gasteiger partial charge in [-0.05, 0) is 6.04 Å². The smallest absolute Gasteiger partial charge is 0.320 e. The van der Waals surface area contributed by atoms with Crippen molar-refractivity contribution in [3.05, 3.63) is 0 Å². The normalized spacial score (nSPS) is 8.67. The summed E-state index contributed by atoms with van der Waals surface area (Å²) >= 11 is 0. The topological polar surface area (TPSA) is 59.4 Å². The zero-order chi connectivity index (χ0) is 9.82. The van der Waals surface area contributed by atoms with Crippen LogP contribution >= 0.6 is 0 Å². The lowest BCUT2D eigenvalue weighted by Crippen LogP contribution is -2.18. The number of unbranched alkanes of at least 4 members (excludes halogenated alkanes) is 1. The second-order valence-electron chi connectivity index (χ2n) is 2.15. The molecular weight excluding hydrogens is 174 g/mol. The van der Waals surface area contributed by atoms with Gasteiger partial charge in [0.05, 0.1) is 0 Å². The van der Waals surface area contributed by atoms with Crippen LogP contribution in [0.25, 0.3) is 0 Å². The van der Waals surface area contributed by atoms with Crippen molar-refractivity contribution in [3.8, 4) is 0 Å². The van der Waals surface area contributed by atoms with E-state index in [-0.39, 0.29) is 0 Å². The summed E-state index contributed by atoms with van der Waals surface area (Å²) in [6, 6.07) is 1.14. The lowest BCUT2D eigenvalue weighted by atomic mass is 10.4. The quantitative estimate of drug-likeness (QED) is 0.403. The Bertz CT molecular complexity index is 111. The molecule has 0 amide bonds. The van der Waals surface area contributed by atoms with Crippen molar-refractivity contribution >= 4 is 15.4 Å². The molecule has 4 nitrogen and oxygen atoms in total. The molecule has 12 heavy (non-hydrogen) atoms. The second-order valence-corrected chi connectivity index (χ2v) is 4.52. The van der Waals surface area contributed by atoms with Crippen LogP contribution in [0.3, 0.4) is 0 Å². The number of rotatable bonds is 5. The minimum Gasteiger partial charge on any atom is -0.400 e. The van der Waals surface area contributed by atoms with Gasteiger partial charge in [-0.1, -0.05) is 19.8 Å². The molecule has 0 atom stereocenters. The van der Waals surface area contributed by atoms with E-state index in [0.29, 0.717) is 0 Å². The predicted molar refractivity (Wildman–Crippen MR) is 49.3 cm³/mol. The van der Waals surface area contributed by atoms with E-state index in [0.717, 1.165) is 12.1 Å². The Morgan fingerprint density at radius 2 is 1.83 bits per heavy atom. The molecule has 0 aromatic heterocycles. The van der Waals surface area contributed by atoms with Crippen LogP contribution in [0, 0.1) is 5.41 Å². The number of isocyanates is 1. The van der Waals surface area contributed by atoms with Gasteiger partial charge in [-0.25, -0.2) is 10.2 Å². The average molecular weight is 191 g/mol. The maximum atomic E-state index is 8.35. The molecule has 0 rings (SSSR count). The van der Waals surface area contributed by atoms with Gasteiger partial charge in [0.15, 0.2) is 0 Å². The summed E-state index contributed by atoms with van der Waals surface area (Å²) in [4.78, 5) is 8.35. The van der Waals surface area contributed by atoms with Crippen LogP contribution in [0.5, 0.6) is 0 Å². The highest BCUT2D eigenvalue weighted by molar-refractivity contribution is 6.44. The molecule has 5 heteroatoms. The summed E-state index contributed by atoms with van der Waals surface area (Å²) in [7, 11) is 2.25. The van der Waals surface area contributed by atoms with E-state index in [9.17, 15) is 0 Å². The highest BCUT2D eigenvalue weighted by Gasteiger charge is 2.06. The van der Waals surface area contributed by atoms with E-state index in [1.54, 1.807) is 14.2 Å². The van der Waals surface area contributed by atoms with Gasteiger partial charge in [-0.15, -0.1) is 0 Å². The molecule has 0 fully saturated rings. The number of nitrogens with one attached hydrogen (secondary N) is 1. The molecular formula is C7H17NO3Si. The van der Waals surface area contributed by atoms with Gasteiger partial charge in [0, 0.05) is 14.2 Å². The van der Waals surface area contributed by atoms with Gasteiger partial charge in [0.2, 0.25) is 6.08 Å². The monoisotopic (exact) mass is 191 g/mol. The summed E-state index contributed by atoms with van der Waals surface area (Å²) in [6.45, 7) is 2.18. The molecule has 0 aromatic rings. The van der Waals surface area contributed by atoms with Gasteiger partial charge in [-0.3, -0.25) is 0 Å². The molecule has 0 heterocycles. The Morgan fingerprint density at radius 1 is 1.42 bits per heavy atom. The van der Waals surface area contributed by atoms with Crippen molar-refractivity contribution in [2.45, 2.75) is 25.8 Å². The molecule has 0 aliphatic rings. The summed E-state index contributed by atoms with van der Waals surface area (Å²) in [5, 5.41) is 5.40. The molecule has 0 unspecified atom stereocenters. The highest BCUT2D eigenvalue weighted by Crippen LogP contribution is 2.01. The molecule has 0 radical (unpaired) electrons. The Kier molecular flexibility index (Phi) is 15.4. The first-order valence-corrected chi connectivity index (χ1v) is 5.62. The second kappa shape index (κ2) is 13.1. The molecule has 0 bridgehead atoms. The summed E-state index contributed by atoms with van der Waals surface area (Å²) < 4.78 is 10.2. The largest absolute Gasteiger partial charge is 0.400 e. The van der Waals surface area contributed by atoms with E-state index in [4.69, 9.17) is 19.1 Å². The van der Waals surface area contributed by atoms with Crippen LogP contribution < -0.4 is 0 Å². The van der Waals surface area contributed by atoms with Gasteiger partial charge >= 0.3 is 9.28 Å². The van der Waals surface area contributed by atoms with Crippen LogP contribution in [0.15, 0.2) is 0 Å². The Labute approximate surface area is 75.2 Å². The van der Waals surface area contributed by atoms with E-state index in [2.05, 4.69) is 6.92 Å². The minimum absolute atomic E-state index is 0.750. The van der Waals surface area contributed by atoms with Crippen molar-refractivity contribution < 1.29 is 13.6 Å². The predicted octanol–water partition coefficient (Wildman–Crippen LogP) is 1.20. The minimum atomic E-state index is -1.21. The van der Waals surface area contributed by atoms with Crippen molar-refractivity contribution in [2.24, 2.45) is 0 Å². The first-order valence-electron chi connectivity index (χ1n) is 3.86. The molecule has 0 saturated carbocycles. The summed E-state index contributed by atoms with van der Waals surface area (Å²) in [5.41, 5.74) is 0. The molecule has 0 aromatic carbocycles. The maximum absolute atomic E-state index is 8.35. The molecule has 0 spiro atoms. The summed E-state index contributed by atoms with van der Waals surface area (Å²) in [5.74, 6) is 0. The Morgan fingerprint density at radius 3 is 2.08 bits per heavy atom. The van der Waals surface area contributed by atoms with E-state index in [1.807, 2.05) is 0 Å². The molecule has 0 saturated heterocycles. The fourth-order valence-corrected chi connectivity index (χ4v) is 2.11. The zero-order valence-electron chi connectivity index (χ0n) is 7.92. The number of carbonyl (C=O) groups excluding carboxylic acids is 1. The van der Waals surface area contributed by atoms with Crippen LogP contribution in [0.4, 0.5) is 0 Å². The van der Waals surface area contributed by atoms with Crippen LogP contribution in [-0.4, -0.2) is 29.6 Å². The van der Waals surface area contributed by atoms with Gasteiger partial charge in [0.1, 0.15) is 0 Å². The van der Waals surface area contributed by atoms with Crippen molar-refractivity contribution in [2.75, 3.05) is 14.2 Å². The van der Waals surface area contributed by atoms with Crippen molar-refractivity contribution in [1.29, 1.82) is 5.41 Å². The first-order chi connectivity index (χ1) is 5.76. The molecule has 1 N–H and O–H groups in total. The van der Waals surface area contributed by atoms with Gasteiger partial charge < -0.3 is 8.85 Å². The average Bonchev–Trinajstić information content (AvgIpc) is 2.08. The number of hydrogen-bond acceptors (Lipinski definition) is 4. The molecule has 0 aliphatic carbocycles. The molecule has 0 aliphatic heterocycles. The third-order valence-electron chi connectivity index (χ3n) is 1.32. The highest BCUT2D eigenvalue weighted by atomic mass is 28.3. The number of hydrogen-bond donors (Lipinski definition) is 1. The fraction of sp³-hybridized carbons (Fsp3) is 0.857. The third kappa shape index (κ3) is 12.2. The van der Waals surface area contributed by atoms with E-state index < -0.39 is 9.28 Å². The zero-order valence-corrected chi connectivity index (χ0v) is 9.08. The standard InChI is InChI=1S/C6H16O2Si.CHNO/c1-4-5-6-9(7-2)8-3;2-1-3/h9H,4-6H2,1-3H3;2H. The maximum Gasteiger partial charge on any atom is 0.320 e. The van der Waals surface area contributed by atoms with Crippen molar-refractivity contribution in [1.82, 2.24) is 0 Å². The summed E-state index contributed by atoms with van der Waals surface area (Å²) in [6.07, 6.45) is 3.22. The van der Waals surface area contributed by atoms with Crippen LogP contribution in [0.1, 0.15) is 19.8 Å². The lowest BCUT2D eigenvalue weighted by molar-refractivity contribution is 0.276. The van der Waals surface area contributed by atoms with E-state index in [1.165, 1.54) is 12.8 Å². The Balaban J connectivity index is 0. The van der Waals surface area contributed by atoms with Crippen LogP contribution in [-0.2, 0) is 13.6 Å². The van der Waals surface area contributed by atoms with Crippen LogP contribution in [0.2, 0.25) is 6.04 Å². The van der Waals surface area contributed by atoms with E-state index >= 15 is 0 Å². The third-order valence-corrected chi connectivity index (χ3v) is 3.25. The first kappa shape index (κ1) is 14.1. The SMILES string of the molecule is CCCC[SiH](OC)OC.N=C=O. The lowest BCUT2D eigenvalue weighted by Gasteiger charge is -2.08.